The number of amides is 1. The molecule has 0 aromatic rings. The maximum atomic E-state index is 11.2. The standard InChI is InChI=1S/C12H19N3O/c13-6-5-12(3-4-12)9-15-7-1-2-10(8-15)11(14)16/h10H,1-5,7-9H2,(H2,14,16). The number of primary amides is 1. The Morgan fingerprint density at radius 3 is 2.88 bits per heavy atom. The van der Waals surface area contributed by atoms with Crippen LogP contribution >= 0.6 is 0 Å². The van der Waals surface area contributed by atoms with E-state index in [1.807, 2.05) is 0 Å². The molecule has 1 saturated heterocycles. The molecule has 4 nitrogen and oxygen atoms in total. The Morgan fingerprint density at radius 2 is 2.31 bits per heavy atom. The van der Waals surface area contributed by atoms with Crippen LogP contribution in [-0.4, -0.2) is 30.4 Å². The van der Waals surface area contributed by atoms with Gasteiger partial charge in [-0.25, -0.2) is 0 Å². The number of nitrogens with two attached hydrogens (primary N) is 1. The Hall–Kier alpha value is -1.08. The van der Waals surface area contributed by atoms with E-state index < -0.39 is 0 Å². The highest BCUT2D eigenvalue weighted by atomic mass is 16.1. The van der Waals surface area contributed by atoms with Crippen molar-refractivity contribution in [2.24, 2.45) is 17.1 Å². The number of hydrogen-bond donors (Lipinski definition) is 1. The summed E-state index contributed by atoms with van der Waals surface area (Å²) in [6.45, 7) is 2.82. The van der Waals surface area contributed by atoms with Gasteiger partial charge in [-0.1, -0.05) is 0 Å². The van der Waals surface area contributed by atoms with Crippen molar-refractivity contribution in [2.45, 2.75) is 32.1 Å². The van der Waals surface area contributed by atoms with E-state index in [0.717, 1.165) is 45.3 Å². The third kappa shape index (κ3) is 2.53. The van der Waals surface area contributed by atoms with Crippen molar-refractivity contribution in [3.8, 4) is 6.07 Å². The topological polar surface area (TPSA) is 70.1 Å². The van der Waals surface area contributed by atoms with E-state index in [0.29, 0.717) is 6.42 Å². The fraction of sp³-hybridized carbons (Fsp3) is 0.833. The number of likely N-dealkylation sites (tertiary alicyclic amines) is 1. The fourth-order valence-electron chi connectivity index (χ4n) is 2.64. The first-order chi connectivity index (χ1) is 7.65. The summed E-state index contributed by atoms with van der Waals surface area (Å²) >= 11 is 0. The molecule has 0 radical (unpaired) electrons. The molecule has 0 aromatic carbocycles. The van der Waals surface area contributed by atoms with Crippen molar-refractivity contribution in [1.29, 1.82) is 5.26 Å². The Balaban J connectivity index is 1.86. The molecule has 16 heavy (non-hydrogen) atoms. The maximum absolute atomic E-state index is 11.2. The summed E-state index contributed by atoms with van der Waals surface area (Å²) in [6, 6.07) is 2.28. The van der Waals surface area contributed by atoms with Crippen LogP contribution in [0.4, 0.5) is 0 Å². The van der Waals surface area contributed by atoms with Gasteiger partial charge in [-0.05, 0) is 37.6 Å². The molecule has 1 amide bonds. The van der Waals surface area contributed by atoms with Gasteiger partial charge in [-0.2, -0.15) is 5.26 Å². The molecule has 1 heterocycles. The van der Waals surface area contributed by atoms with Crippen molar-refractivity contribution in [3.63, 3.8) is 0 Å². The summed E-state index contributed by atoms with van der Waals surface area (Å²) in [5.41, 5.74) is 5.59. The molecule has 0 bridgehead atoms. The molecule has 4 heteroatoms. The second-order valence-electron chi connectivity index (χ2n) is 5.31. The first-order valence-corrected chi connectivity index (χ1v) is 6.04. The van der Waals surface area contributed by atoms with Crippen molar-refractivity contribution < 1.29 is 4.79 Å². The van der Waals surface area contributed by atoms with Gasteiger partial charge in [0.05, 0.1) is 12.0 Å². The van der Waals surface area contributed by atoms with Gasteiger partial charge < -0.3 is 10.6 Å². The molecule has 2 N–H and O–H groups in total. The van der Waals surface area contributed by atoms with E-state index >= 15 is 0 Å². The van der Waals surface area contributed by atoms with Gasteiger partial charge in [0.1, 0.15) is 0 Å². The van der Waals surface area contributed by atoms with Gasteiger partial charge in [-0.15, -0.1) is 0 Å². The largest absolute Gasteiger partial charge is 0.369 e. The van der Waals surface area contributed by atoms with E-state index in [-0.39, 0.29) is 17.2 Å². The molecule has 1 aliphatic heterocycles. The Morgan fingerprint density at radius 1 is 1.56 bits per heavy atom. The van der Waals surface area contributed by atoms with E-state index in [1.165, 1.54) is 0 Å². The first-order valence-electron chi connectivity index (χ1n) is 6.04. The van der Waals surface area contributed by atoms with Gasteiger partial charge in [0.2, 0.25) is 5.91 Å². The zero-order valence-electron chi connectivity index (χ0n) is 9.61. The summed E-state index contributed by atoms with van der Waals surface area (Å²) in [5.74, 6) is -0.151. The highest BCUT2D eigenvalue weighted by molar-refractivity contribution is 5.76. The lowest BCUT2D eigenvalue weighted by atomic mass is 9.95. The highest BCUT2D eigenvalue weighted by Gasteiger charge is 2.44. The normalized spacial score (nSPS) is 28.3. The number of nitriles is 1. The average Bonchev–Trinajstić information content (AvgIpc) is 2.99. The van der Waals surface area contributed by atoms with Crippen LogP contribution in [0.3, 0.4) is 0 Å². The van der Waals surface area contributed by atoms with Crippen LogP contribution in [0.1, 0.15) is 32.1 Å². The number of carbonyl (C=O) groups excluding carboxylic acids is 1. The Kier molecular flexibility index (Phi) is 3.15. The molecule has 2 fully saturated rings. The van der Waals surface area contributed by atoms with E-state index in [9.17, 15) is 4.79 Å². The Labute approximate surface area is 96.4 Å². The van der Waals surface area contributed by atoms with Crippen molar-refractivity contribution in [1.82, 2.24) is 4.90 Å². The minimum absolute atomic E-state index is 0.0200. The van der Waals surface area contributed by atoms with Gasteiger partial charge in [-0.3, -0.25) is 4.79 Å². The highest BCUT2D eigenvalue weighted by Crippen LogP contribution is 2.49. The lowest BCUT2D eigenvalue weighted by molar-refractivity contribution is -0.123. The molecular formula is C12H19N3O. The first kappa shape index (κ1) is 11.4. The number of rotatable bonds is 4. The molecule has 0 aromatic heterocycles. The SMILES string of the molecule is N#CCC1(CN2CCCC(C(N)=O)C2)CC1. The fourth-order valence-corrected chi connectivity index (χ4v) is 2.64. The van der Waals surface area contributed by atoms with Crippen LogP contribution in [0, 0.1) is 22.7 Å². The number of nitrogens with zero attached hydrogens (tertiary/aromatic N) is 2. The summed E-state index contributed by atoms with van der Waals surface area (Å²) < 4.78 is 0. The van der Waals surface area contributed by atoms with Gasteiger partial charge in [0, 0.05) is 19.5 Å². The van der Waals surface area contributed by atoms with E-state index in [2.05, 4.69) is 11.0 Å². The van der Waals surface area contributed by atoms with Crippen molar-refractivity contribution in [3.05, 3.63) is 0 Å². The van der Waals surface area contributed by atoms with Crippen LogP contribution in [0.2, 0.25) is 0 Å². The summed E-state index contributed by atoms with van der Waals surface area (Å²) in [6.07, 6.45) is 4.97. The number of hydrogen-bond acceptors (Lipinski definition) is 3. The van der Waals surface area contributed by atoms with Gasteiger partial charge in [0.25, 0.3) is 0 Å². The minimum Gasteiger partial charge on any atom is -0.369 e. The van der Waals surface area contributed by atoms with Crippen molar-refractivity contribution in [2.75, 3.05) is 19.6 Å². The third-order valence-electron chi connectivity index (χ3n) is 3.88. The van der Waals surface area contributed by atoms with Gasteiger partial charge in [0.15, 0.2) is 0 Å². The molecule has 88 valence electrons. The van der Waals surface area contributed by atoms with Crippen LogP contribution < -0.4 is 5.73 Å². The zero-order valence-corrected chi connectivity index (χ0v) is 9.61. The maximum Gasteiger partial charge on any atom is 0.221 e. The smallest absolute Gasteiger partial charge is 0.221 e. The molecule has 1 aliphatic carbocycles. The second kappa shape index (κ2) is 4.42. The summed E-state index contributed by atoms with van der Waals surface area (Å²) in [7, 11) is 0. The van der Waals surface area contributed by atoms with E-state index in [4.69, 9.17) is 11.0 Å². The predicted octanol–water partition coefficient (Wildman–Crippen LogP) is 0.878. The molecule has 1 atom stereocenters. The summed E-state index contributed by atoms with van der Waals surface area (Å²) in [5, 5.41) is 8.77. The second-order valence-corrected chi connectivity index (χ2v) is 5.31. The number of piperidine rings is 1. The quantitative estimate of drug-likeness (QED) is 0.766. The Bertz CT molecular complexity index is 317. The van der Waals surface area contributed by atoms with Gasteiger partial charge >= 0.3 is 0 Å². The third-order valence-corrected chi connectivity index (χ3v) is 3.88. The number of carbonyl (C=O) groups is 1. The van der Waals surface area contributed by atoms with Crippen LogP contribution in [0.15, 0.2) is 0 Å². The molecule has 1 unspecified atom stereocenters. The van der Waals surface area contributed by atoms with Crippen molar-refractivity contribution >= 4 is 5.91 Å². The molecule has 0 spiro atoms. The van der Waals surface area contributed by atoms with Crippen LogP contribution in [-0.2, 0) is 4.79 Å². The average molecular weight is 221 g/mol. The zero-order chi connectivity index (χ0) is 11.6. The predicted molar refractivity (Wildman–Crippen MR) is 60.3 cm³/mol. The minimum atomic E-state index is -0.171. The molecular weight excluding hydrogens is 202 g/mol. The van der Waals surface area contributed by atoms with E-state index in [1.54, 1.807) is 0 Å². The van der Waals surface area contributed by atoms with Crippen LogP contribution in [0.5, 0.6) is 0 Å². The molecule has 2 aliphatic rings. The summed E-state index contributed by atoms with van der Waals surface area (Å²) in [4.78, 5) is 13.5. The van der Waals surface area contributed by atoms with Crippen LogP contribution in [0.25, 0.3) is 0 Å². The lowest BCUT2D eigenvalue weighted by Crippen LogP contribution is -2.43. The monoisotopic (exact) mass is 221 g/mol. The molecule has 1 saturated carbocycles. The molecule has 2 rings (SSSR count). The lowest BCUT2D eigenvalue weighted by Gasteiger charge is -2.33.